The molecule has 2 nitrogen and oxygen atoms in total. The van der Waals surface area contributed by atoms with Gasteiger partial charge in [-0.25, -0.2) is 9.24 Å². The Balaban J connectivity index is 3.35. The molecule has 0 unspecified atom stereocenters. The summed E-state index contributed by atoms with van der Waals surface area (Å²) >= 11 is 0. The smallest absolute Gasteiger partial charge is 0.212 e. The third kappa shape index (κ3) is 1.78. The Labute approximate surface area is 77.4 Å². The highest BCUT2D eigenvalue weighted by atomic mass is 19.1. The molecule has 0 spiro atoms. The third-order valence-corrected chi connectivity index (χ3v) is 1.86. The van der Waals surface area contributed by atoms with Crippen molar-refractivity contribution in [1.82, 2.24) is 0 Å². The molecule has 1 aromatic carbocycles. The summed E-state index contributed by atoms with van der Waals surface area (Å²) in [7, 11) is 3.67. The molecule has 0 aliphatic carbocycles. The van der Waals surface area contributed by atoms with Crippen molar-refractivity contribution in [2.45, 2.75) is 6.92 Å². The Morgan fingerprint density at radius 3 is 2.46 bits per heavy atom. The fourth-order valence-electron chi connectivity index (χ4n) is 1.10. The average molecular weight is 178 g/mol. The molecule has 0 radical (unpaired) electrons. The van der Waals surface area contributed by atoms with E-state index in [9.17, 15) is 4.39 Å². The summed E-state index contributed by atoms with van der Waals surface area (Å²) in [5.74, 6) is -0.323. The first-order chi connectivity index (χ1) is 6.06. The highest BCUT2D eigenvalue weighted by Gasteiger charge is 2.08. The number of rotatable bonds is 1. The van der Waals surface area contributed by atoms with E-state index < -0.39 is 0 Å². The van der Waals surface area contributed by atoms with Crippen LogP contribution >= 0.6 is 0 Å². The molecule has 0 bridgehead atoms. The summed E-state index contributed by atoms with van der Waals surface area (Å²) in [6.45, 7) is 8.57. The van der Waals surface area contributed by atoms with E-state index in [1.807, 2.05) is 14.1 Å². The number of halogens is 1. The van der Waals surface area contributed by atoms with Gasteiger partial charge in [-0.1, -0.05) is 0 Å². The molecular weight excluding hydrogens is 167 g/mol. The molecular formula is C10H11FN2. The van der Waals surface area contributed by atoms with Gasteiger partial charge >= 0.3 is 0 Å². The van der Waals surface area contributed by atoms with Gasteiger partial charge in [0.25, 0.3) is 0 Å². The Bertz CT molecular complexity index is 364. The SMILES string of the molecule is [C-]#[N+]c1cc(F)c(C)cc1N(C)C. The van der Waals surface area contributed by atoms with Crippen molar-refractivity contribution in [3.63, 3.8) is 0 Å². The van der Waals surface area contributed by atoms with Gasteiger partial charge in [0, 0.05) is 19.8 Å². The topological polar surface area (TPSA) is 7.60 Å². The predicted molar refractivity (Wildman–Crippen MR) is 51.7 cm³/mol. The number of aryl methyl sites for hydroxylation is 1. The van der Waals surface area contributed by atoms with Crippen LogP contribution in [0.1, 0.15) is 5.56 Å². The molecule has 0 aliphatic rings. The zero-order valence-corrected chi connectivity index (χ0v) is 7.93. The van der Waals surface area contributed by atoms with Crippen LogP contribution in [0.15, 0.2) is 12.1 Å². The van der Waals surface area contributed by atoms with Crippen molar-refractivity contribution in [3.05, 3.63) is 34.9 Å². The molecule has 0 heterocycles. The van der Waals surface area contributed by atoms with Crippen molar-refractivity contribution in [2.24, 2.45) is 0 Å². The monoisotopic (exact) mass is 178 g/mol. The van der Waals surface area contributed by atoms with E-state index in [1.54, 1.807) is 17.9 Å². The quantitative estimate of drug-likeness (QED) is 0.600. The highest BCUT2D eigenvalue weighted by molar-refractivity contribution is 5.71. The number of anilines is 1. The standard InChI is InChI=1S/C10H11FN2/c1-7-5-10(13(3)4)9(12-2)6-8(7)11/h5-6H,1,3-4H3. The first-order valence-corrected chi connectivity index (χ1v) is 3.91. The molecule has 0 saturated heterocycles. The Hall–Kier alpha value is -1.56. The van der Waals surface area contributed by atoms with Gasteiger partial charge in [0.15, 0.2) is 0 Å². The van der Waals surface area contributed by atoms with Crippen molar-refractivity contribution in [2.75, 3.05) is 19.0 Å². The summed E-state index contributed by atoms with van der Waals surface area (Å²) < 4.78 is 13.0. The maximum atomic E-state index is 13.0. The zero-order valence-electron chi connectivity index (χ0n) is 7.93. The minimum Gasteiger partial charge on any atom is -0.386 e. The molecule has 3 heteroatoms. The van der Waals surface area contributed by atoms with E-state index >= 15 is 0 Å². The largest absolute Gasteiger partial charge is 0.386 e. The van der Waals surface area contributed by atoms with E-state index in [-0.39, 0.29) is 5.82 Å². The van der Waals surface area contributed by atoms with Crippen LogP contribution in [0.2, 0.25) is 0 Å². The lowest BCUT2D eigenvalue weighted by Crippen LogP contribution is -2.09. The van der Waals surface area contributed by atoms with Gasteiger partial charge in [-0.3, -0.25) is 0 Å². The van der Waals surface area contributed by atoms with Gasteiger partial charge in [-0.2, -0.15) is 0 Å². The first kappa shape index (κ1) is 9.53. The van der Waals surface area contributed by atoms with Gasteiger partial charge in [0.05, 0.1) is 6.57 Å². The minimum atomic E-state index is -0.323. The predicted octanol–water partition coefficient (Wildman–Crippen LogP) is 2.75. The number of hydrogen-bond acceptors (Lipinski definition) is 1. The Morgan fingerprint density at radius 2 is 2.00 bits per heavy atom. The van der Waals surface area contributed by atoms with E-state index in [2.05, 4.69) is 4.85 Å². The fourth-order valence-corrected chi connectivity index (χ4v) is 1.10. The van der Waals surface area contributed by atoms with Crippen molar-refractivity contribution >= 4 is 11.4 Å². The second-order valence-corrected chi connectivity index (χ2v) is 3.10. The van der Waals surface area contributed by atoms with E-state index in [1.165, 1.54) is 6.07 Å². The molecule has 0 atom stereocenters. The normalized spacial score (nSPS) is 9.46. The first-order valence-electron chi connectivity index (χ1n) is 3.91. The molecule has 0 aliphatic heterocycles. The van der Waals surface area contributed by atoms with Crippen LogP contribution < -0.4 is 4.90 Å². The van der Waals surface area contributed by atoms with Crippen LogP contribution in [0.5, 0.6) is 0 Å². The lowest BCUT2D eigenvalue weighted by Gasteiger charge is -2.15. The minimum absolute atomic E-state index is 0.323. The van der Waals surface area contributed by atoms with Crippen molar-refractivity contribution in [1.29, 1.82) is 0 Å². The second kappa shape index (κ2) is 3.44. The Kier molecular flexibility index (Phi) is 2.52. The maximum absolute atomic E-state index is 13.0. The van der Waals surface area contributed by atoms with Crippen LogP contribution in [0.3, 0.4) is 0 Å². The highest BCUT2D eigenvalue weighted by Crippen LogP contribution is 2.29. The summed E-state index contributed by atoms with van der Waals surface area (Å²) in [5, 5.41) is 0. The van der Waals surface area contributed by atoms with Crippen LogP contribution in [0.25, 0.3) is 4.85 Å². The van der Waals surface area contributed by atoms with Gasteiger partial charge in [0.2, 0.25) is 5.69 Å². The van der Waals surface area contributed by atoms with Gasteiger partial charge in [0.1, 0.15) is 5.82 Å². The van der Waals surface area contributed by atoms with Crippen LogP contribution in [-0.4, -0.2) is 14.1 Å². The number of benzene rings is 1. The second-order valence-electron chi connectivity index (χ2n) is 3.10. The van der Waals surface area contributed by atoms with Crippen LogP contribution in [0.4, 0.5) is 15.8 Å². The summed E-state index contributed by atoms with van der Waals surface area (Å²) in [4.78, 5) is 5.07. The molecule has 0 amide bonds. The summed E-state index contributed by atoms with van der Waals surface area (Å²) in [6, 6.07) is 2.96. The molecule has 0 fully saturated rings. The fraction of sp³-hybridized carbons (Fsp3) is 0.300. The molecule has 0 N–H and O–H groups in total. The van der Waals surface area contributed by atoms with E-state index in [0.717, 1.165) is 5.69 Å². The number of hydrogen-bond donors (Lipinski definition) is 0. The lowest BCUT2D eigenvalue weighted by atomic mass is 10.1. The van der Waals surface area contributed by atoms with Gasteiger partial charge < -0.3 is 4.90 Å². The van der Waals surface area contributed by atoms with Crippen molar-refractivity contribution in [3.8, 4) is 0 Å². The molecule has 1 aromatic rings. The van der Waals surface area contributed by atoms with Crippen LogP contribution in [0, 0.1) is 19.3 Å². The molecule has 1 rings (SSSR count). The van der Waals surface area contributed by atoms with Crippen LogP contribution in [-0.2, 0) is 0 Å². The van der Waals surface area contributed by atoms with Gasteiger partial charge in [-0.05, 0) is 24.6 Å². The molecule has 13 heavy (non-hydrogen) atoms. The lowest BCUT2D eigenvalue weighted by molar-refractivity contribution is 0.619. The number of nitrogens with zero attached hydrogens (tertiary/aromatic N) is 2. The third-order valence-electron chi connectivity index (χ3n) is 1.86. The summed E-state index contributed by atoms with van der Waals surface area (Å²) in [6.07, 6.45) is 0. The Morgan fingerprint density at radius 1 is 1.38 bits per heavy atom. The average Bonchev–Trinajstić information content (AvgIpc) is 2.08. The molecule has 0 saturated carbocycles. The van der Waals surface area contributed by atoms with E-state index in [0.29, 0.717) is 11.3 Å². The summed E-state index contributed by atoms with van der Waals surface area (Å²) in [5.41, 5.74) is 1.68. The zero-order chi connectivity index (χ0) is 10.0. The molecule has 68 valence electrons. The van der Waals surface area contributed by atoms with E-state index in [4.69, 9.17) is 6.57 Å². The molecule has 0 aromatic heterocycles. The van der Waals surface area contributed by atoms with Gasteiger partial charge in [-0.15, -0.1) is 0 Å². The van der Waals surface area contributed by atoms with Crippen molar-refractivity contribution < 1.29 is 4.39 Å². The maximum Gasteiger partial charge on any atom is 0.212 e.